The fourth-order valence-corrected chi connectivity index (χ4v) is 4.45. The lowest BCUT2D eigenvalue weighted by Gasteiger charge is -2.17. The molecule has 3 rings (SSSR count). The molecule has 24 heavy (non-hydrogen) atoms. The van der Waals surface area contributed by atoms with E-state index < -0.39 is 16.0 Å². The van der Waals surface area contributed by atoms with Crippen LogP contribution in [-0.4, -0.2) is 36.9 Å². The van der Waals surface area contributed by atoms with Gasteiger partial charge in [0.15, 0.2) is 0 Å². The normalized spacial score (nSPS) is 15.5. The summed E-state index contributed by atoms with van der Waals surface area (Å²) in [5, 5.41) is 9.35. The number of nitrogens with zero attached hydrogens (tertiary/aromatic N) is 1. The summed E-state index contributed by atoms with van der Waals surface area (Å²) in [7, 11) is -3.66. The molecule has 0 atom stereocenters. The molecule has 0 radical (unpaired) electrons. The van der Waals surface area contributed by atoms with Crippen LogP contribution in [0.2, 0.25) is 0 Å². The van der Waals surface area contributed by atoms with Crippen molar-refractivity contribution in [1.82, 2.24) is 4.31 Å². The molecule has 2 aromatic rings. The molecule has 0 unspecified atom stereocenters. The second kappa shape index (κ2) is 6.37. The van der Waals surface area contributed by atoms with Gasteiger partial charge in [0.1, 0.15) is 0 Å². The van der Waals surface area contributed by atoms with Crippen molar-refractivity contribution in [2.75, 3.05) is 13.1 Å². The zero-order chi connectivity index (χ0) is 17.3. The molecule has 0 aromatic heterocycles. The monoisotopic (exact) mass is 345 g/mol. The number of hydrogen-bond acceptors (Lipinski definition) is 3. The highest BCUT2D eigenvalue weighted by atomic mass is 32.2. The number of benzene rings is 2. The Morgan fingerprint density at radius 3 is 2.21 bits per heavy atom. The third kappa shape index (κ3) is 3.20. The molecule has 5 nitrogen and oxygen atoms in total. The first-order valence-electron chi connectivity index (χ1n) is 7.83. The van der Waals surface area contributed by atoms with E-state index in [2.05, 4.69) is 0 Å². The van der Waals surface area contributed by atoms with Gasteiger partial charge in [0.2, 0.25) is 10.0 Å². The standard InChI is InChI=1S/C18H19NO4S/c1-13-4-6-14(7-5-13)15-10-16(18(20)21)12-17(11-15)24(22,23)19-8-2-3-9-19/h4-7,10-12H,2-3,8-9H2,1H3,(H,20,21). The van der Waals surface area contributed by atoms with E-state index in [1.165, 1.54) is 16.4 Å². The molecule has 1 fully saturated rings. The van der Waals surface area contributed by atoms with E-state index in [0.29, 0.717) is 18.7 Å². The van der Waals surface area contributed by atoms with E-state index in [9.17, 15) is 18.3 Å². The van der Waals surface area contributed by atoms with E-state index in [-0.39, 0.29) is 10.5 Å². The number of carboxylic acid groups (broad SMARTS) is 1. The Bertz CT molecular complexity index is 866. The largest absolute Gasteiger partial charge is 0.478 e. The van der Waals surface area contributed by atoms with Gasteiger partial charge in [-0.05, 0) is 49.1 Å². The van der Waals surface area contributed by atoms with Crippen molar-refractivity contribution in [3.8, 4) is 11.1 Å². The second-order valence-corrected chi connectivity index (χ2v) is 7.97. The lowest BCUT2D eigenvalue weighted by Crippen LogP contribution is -2.28. The molecule has 0 aliphatic carbocycles. The predicted molar refractivity (Wildman–Crippen MR) is 91.6 cm³/mol. The van der Waals surface area contributed by atoms with E-state index >= 15 is 0 Å². The number of aryl methyl sites for hydroxylation is 1. The predicted octanol–water partition coefficient (Wildman–Crippen LogP) is 3.14. The first kappa shape index (κ1) is 16.7. The molecule has 0 bridgehead atoms. The van der Waals surface area contributed by atoms with Gasteiger partial charge in [0.25, 0.3) is 0 Å². The van der Waals surface area contributed by atoms with Crippen LogP contribution in [0.25, 0.3) is 11.1 Å². The molecule has 6 heteroatoms. The summed E-state index contributed by atoms with van der Waals surface area (Å²) in [5.74, 6) is -1.14. The van der Waals surface area contributed by atoms with Gasteiger partial charge in [-0.25, -0.2) is 13.2 Å². The number of sulfonamides is 1. The number of carbonyl (C=O) groups is 1. The first-order chi connectivity index (χ1) is 11.4. The van der Waals surface area contributed by atoms with E-state index in [1.807, 2.05) is 31.2 Å². The molecule has 0 saturated carbocycles. The van der Waals surface area contributed by atoms with Gasteiger partial charge in [-0.2, -0.15) is 4.31 Å². The average Bonchev–Trinajstić information content (AvgIpc) is 3.10. The van der Waals surface area contributed by atoms with Crippen LogP contribution in [-0.2, 0) is 10.0 Å². The van der Waals surface area contributed by atoms with E-state index in [4.69, 9.17) is 0 Å². The van der Waals surface area contributed by atoms with Crippen LogP contribution in [0, 0.1) is 6.92 Å². The topological polar surface area (TPSA) is 74.7 Å². The van der Waals surface area contributed by atoms with Gasteiger partial charge in [0.05, 0.1) is 10.5 Å². The van der Waals surface area contributed by atoms with Crippen LogP contribution in [0.1, 0.15) is 28.8 Å². The van der Waals surface area contributed by atoms with Crippen molar-refractivity contribution in [2.45, 2.75) is 24.7 Å². The maximum absolute atomic E-state index is 12.8. The molecule has 2 aromatic carbocycles. The molecule has 1 aliphatic heterocycles. The molecule has 0 amide bonds. The van der Waals surface area contributed by atoms with Crippen molar-refractivity contribution in [3.63, 3.8) is 0 Å². The van der Waals surface area contributed by atoms with Crippen LogP contribution in [0.15, 0.2) is 47.4 Å². The van der Waals surface area contributed by atoms with Crippen LogP contribution in [0.5, 0.6) is 0 Å². The number of rotatable bonds is 4. The smallest absolute Gasteiger partial charge is 0.335 e. The van der Waals surface area contributed by atoms with E-state index in [1.54, 1.807) is 6.07 Å². The number of aromatic carboxylic acids is 1. The SMILES string of the molecule is Cc1ccc(-c2cc(C(=O)O)cc(S(=O)(=O)N3CCCC3)c2)cc1. The Hall–Kier alpha value is -2.18. The summed E-state index contributed by atoms with van der Waals surface area (Å²) in [6.07, 6.45) is 1.67. The van der Waals surface area contributed by atoms with Crippen molar-refractivity contribution >= 4 is 16.0 Å². The Kier molecular flexibility index (Phi) is 4.43. The van der Waals surface area contributed by atoms with Gasteiger partial charge >= 0.3 is 5.97 Å². The number of hydrogen-bond donors (Lipinski definition) is 1. The Morgan fingerprint density at radius 2 is 1.62 bits per heavy atom. The van der Waals surface area contributed by atoms with Crippen molar-refractivity contribution < 1.29 is 18.3 Å². The summed E-state index contributed by atoms with van der Waals surface area (Å²) in [6.45, 7) is 2.93. The van der Waals surface area contributed by atoms with Gasteiger partial charge in [-0.3, -0.25) is 0 Å². The maximum atomic E-state index is 12.8. The summed E-state index contributed by atoms with van der Waals surface area (Å²) in [4.78, 5) is 11.5. The molecule has 1 aliphatic rings. The average molecular weight is 345 g/mol. The second-order valence-electron chi connectivity index (χ2n) is 6.03. The van der Waals surface area contributed by atoms with Crippen LogP contribution < -0.4 is 0 Å². The highest BCUT2D eigenvalue weighted by molar-refractivity contribution is 7.89. The summed E-state index contributed by atoms with van der Waals surface area (Å²) in [5.41, 5.74) is 2.44. The molecular weight excluding hydrogens is 326 g/mol. The first-order valence-corrected chi connectivity index (χ1v) is 9.27. The fourth-order valence-electron chi connectivity index (χ4n) is 2.86. The highest BCUT2D eigenvalue weighted by Crippen LogP contribution is 2.28. The third-order valence-electron chi connectivity index (χ3n) is 4.24. The van der Waals surface area contributed by atoms with Gasteiger partial charge in [-0.1, -0.05) is 29.8 Å². The summed E-state index contributed by atoms with van der Waals surface area (Å²) >= 11 is 0. The molecule has 1 heterocycles. The molecule has 0 spiro atoms. The quantitative estimate of drug-likeness (QED) is 0.924. The minimum Gasteiger partial charge on any atom is -0.478 e. The van der Waals surface area contributed by atoms with Crippen molar-refractivity contribution in [2.24, 2.45) is 0 Å². The van der Waals surface area contributed by atoms with Crippen LogP contribution in [0.3, 0.4) is 0 Å². The Labute approximate surface area is 141 Å². The van der Waals surface area contributed by atoms with Crippen molar-refractivity contribution in [3.05, 3.63) is 53.6 Å². The van der Waals surface area contributed by atoms with Gasteiger partial charge < -0.3 is 5.11 Å². The minimum atomic E-state index is -3.66. The Balaban J connectivity index is 2.12. The molecule has 1 N–H and O–H groups in total. The lowest BCUT2D eigenvalue weighted by atomic mass is 10.0. The van der Waals surface area contributed by atoms with Gasteiger partial charge in [-0.15, -0.1) is 0 Å². The van der Waals surface area contributed by atoms with Crippen molar-refractivity contribution in [1.29, 1.82) is 0 Å². The third-order valence-corrected chi connectivity index (χ3v) is 6.12. The lowest BCUT2D eigenvalue weighted by molar-refractivity contribution is 0.0696. The maximum Gasteiger partial charge on any atom is 0.335 e. The van der Waals surface area contributed by atoms with Gasteiger partial charge in [0, 0.05) is 13.1 Å². The Morgan fingerprint density at radius 1 is 1.00 bits per heavy atom. The molecule has 1 saturated heterocycles. The zero-order valence-electron chi connectivity index (χ0n) is 13.4. The highest BCUT2D eigenvalue weighted by Gasteiger charge is 2.28. The van der Waals surface area contributed by atoms with Crippen LogP contribution in [0.4, 0.5) is 0 Å². The molecule has 126 valence electrons. The molecular formula is C18H19NO4S. The van der Waals surface area contributed by atoms with E-state index in [0.717, 1.165) is 24.0 Å². The minimum absolute atomic E-state index is 0.0224. The van der Waals surface area contributed by atoms with Crippen LogP contribution >= 0.6 is 0 Å². The fraction of sp³-hybridized carbons (Fsp3) is 0.278. The summed E-state index contributed by atoms with van der Waals surface area (Å²) < 4.78 is 27.0. The number of carboxylic acids is 1. The summed E-state index contributed by atoms with van der Waals surface area (Å²) in [6, 6.07) is 11.9. The zero-order valence-corrected chi connectivity index (χ0v) is 14.2.